The van der Waals surface area contributed by atoms with E-state index in [0.29, 0.717) is 41.8 Å². The molecule has 3 rings (SSSR count). The van der Waals surface area contributed by atoms with Crippen molar-refractivity contribution in [2.45, 2.75) is 40.2 Å². The molecule has 2 aromatic rings. The zero-order chi connectivity index (χ0) is 19.7. The molecule has 0 aliphatic carbocycles. The Morgan fingerprint density at radius 1 is 1.22 bits per heavy atom. The SMILES string of the molecule is Cc1cc(OC(C)C(=O)N2CCCNC(=O)C2)c2c(C)c(C)c(=O)oc2c1. The molecule has 1 unspecified atom stereocenters. The summed E-state index contributed by atoms with van der Waals surface area (Å²) in [7, 11) is 0. The van der Waals surface area contributed by atoms with E-state index in [0.717, 1.165) is 11.1 Å². The maximum absolute atomic E-state index is 12.8. The zero-order valence-electron chi connectivity index (χ0n) is 16.0. The lowest BCUT2D eigenvalue weighted by Gasteiger charge is -2.24. The number of benzene rings is 1. The van der Waals surface area contributed by atoms with Crippen LogP contribution in [-0.4, -0.2) is 42.5 Å². The Kier molecular flexibility index (Phi) is 5.21. The monoisotopic (exact) mass is 372 g/mol. The van der Waals surface area contributed by atoms with Crippen molar-refractivity contribution in [1.82, 2.24) is 10.2 Å². The van der Waals surface area contributed by atoms with Crippen molar-refractivity contribution in [3.05, 3.63) is 39.2 Å². The van der Waals surface area contributed by atoms with Crippen LogP contribution in [-0.2, 0) is 9.59 Å². The summed E-state index contributed by atoms with van der Waals surface area (Å²) in [6.45, 7) is 8.18. The third-order valence-corrected chi connectivity index (χ3v) is 4.88. The minimum Gasteiger partial charge on any atom is -0.480 e. The van der Waals surface area contributed by atoms with E-state index in [1.807, 2.05) is 19.9 Å². The lowest BCUT2D eigenvalue weighted by atomic mass is 10.0. The van der Waals surface area contributed by atoms with Crippen LogP contribution in [0.2, 0.25) is 0 Å². The van der Waals surface area contributed by atoms with E-state index in [1.54, 1.807) is 19.9 Å². The van der Waals surface area contributed by atoms with Gasteiger partial charge in [-0.15, -0.1) is 0 Å². The Morgan fingerprint density at radius 2 is 1.96 bits per heavy atom. The van der Waals surface area contributed by atoms with Gasteiger partial charge in [0.15, 0.2) is 6.10 Å². The van der Waals surface area contributed by atoms with E-state index < -0.39 is 6.10 Å². The molecule has 0 saturated carbocycles. The Morgan fingerprint density at radius 3 is 2.70 bits per heavy atom. The topological polar surface area (TPSA) is 88.9 Å². The standard InChI is InChI=1S/C20H24N2O5/c1-11-8-15(18-12(2)13(3)20(25)27-16(18)9-11)26-14(4)19(24)22-7-5-6-21-17(23)10-22/h8-9,14H,5-7,10H2,1-4H3,(H,21,23). The molecule has 27 heavy (non-hydrogen) atoms. The minimum absolute atomic E-state index is 0.0358. The number of amides is 2. The Hall–Kier alpha value is -2.83. The van der Waals surface area contributed by atoms with Gasteiger partial charge in [0, 0.05) is 18.7 Å². The van der Waals surface area contributed by atoms with Crippen LogP contribution in [0.4, 0.5) is 0 Å². The van der Waals surface area contributed by atoms with Crippen molar-refractivity contribution < 1.29 is 18.7 Å². The summed E-state index contributed by atoms with van der Waals surface area (Å²) in [5.41, 5.74) is 2.20. The summed E-state index contributed by atoms with van der Waals surface area (Å²) < 4.78 is 11.4. The fraction of sp³-hybridized carbons (Fsp3) is 0.450. The molecule has 1 aliphatic rings. The molecular formula is C20H24N2O5. The number of nitrogens with one attached hydrogen (secondary N) is 1. The molecule has 1 aromatic heterocycles. The fourth-order valence-corrected chi connectivity index (χ4v) is 3.27. The van der Waals surface area contributed by atoms with E-state index in [1.165, 1.54) is 4.90 Å². The second-order valence-corrected chi connectivity index (χ2v) is 7.00. The van der Waals surface area contributed by atoms with Crippen LogP contribution in [0.15, 0.2) is 21.3 Å². The first-order chi connectivity index (χ1) is 12.8. The molecule has 1 saturated heterocycles. The van der Waals surface area contributed by atoms with Gasteiger partial charge in [-0.25, -0.2) is 4.79 Å². The summed E-state index contributed by atoms with van der Waals surface area (Å²) in [5, 5.41) is 3.44. The van der Waals surface area contributed by atoms with Gasteiger partial charge in [0.2, 0.25) is 5.91 Å². The maximum atomic E-state index is 12.8. The molecule has 0 radical (unpaired) electrons. The van der Waals surface area contributed by atoms with Crippen LogP contribution in [0.25, 0.3) is 11.0 Å². The number of hydrogen-bond donors (Lipinski definition) is 1. The third kappa shape index (κ3) is 3.82. The highest BCUT2D eigenvalue weighted by Gasteiger charge is 2.26. The Labute approximate surface area is 157 Å². The van der Waals surface area contributed by atoms with Crippen LogP contribution in [0, 0.1) is 20.8 Å². The molecule has 0 bridgehead atoms. The van der Waals surface area contributed by atoms with E-state index >= 15 is 0 Å². The first kappa shape index (κ1) is 18.9. The van der Waals surface area contributed by atoms with Crippen LogP contribution in [0.1, 0.15) is 30.0 Å². The van der Waals surface area contributed by atoms with Crippen molar-refractivity contribution in [3.8, 4) is 5.75 Å². The van der Waals surface area contributed by atoms with Crippen molar-refractivity contribution in [3.63, 3.8) is 0 Å². The summed E-state index contributed by atoms with van der Waals surface area (Å²) in [4.78, 5) is 38.0. The molecule has 7 heteroatoms. The number of carbonyl (C=O) groups excluding carboxylic acids is 2. The van der Waals surface area contributed by atoms with Gasteiger partial charge in [-0.1, -0.05) is 0 Å². The highest BCUT2D eigenvalue weighted by molar-refractivity contribution is 5.90. The van der Waals surface area contributed by atoms with Crippen molar-refractivity contribution >= 4 is 22.8 Å². The summed E-state index contributed by atoms with van der Waals surface area (Å²) in [6, 6.07) is 3.61. The van der Waals surface area contributed by atoms with E-state index in [4.69, 9.17) is 9.15 Å². The van der Waals surface area contributed by atoms with Gasteiger partial charge in [0.1, 0.15) is 11.3 Å². The van der Waals surface area contributed by atoms with E-state index in [9.17, 15) is 14.4 Å². The third-order valence-electron chi connectivity index (χ3n) is 4.88. The van der Waals surface area contributed by atoms with Gasteiger partial charge in [-0.2, -0.15) is 0 Å². The van der Waals surface area contributed by atoms with Gasteiger partial charge in [0.05, 0.1) is 11.9 Å². The normalized spacial score (nSPS) is 16.0. The molecule has 1 aliphatic heterocycles. The van der Waals surface area contributed by atoms with Gasteiger partial charge < -0.3 is 19.4 Å². The highest BCUT2D eigenvalue weighted by atomic mass is 16.5. The predicted octanol–water partition coefficient (Wildman–Crippen LogP) is 1.83. The summed E-state index contributed by atoms with van der Waals surface area (Å²) in [6.07, 6.45) is -0.0614. The second kappa shape index (κ2) is 7.42. The molecule has 1 aromatic carbocycles. The maximum Gasteiger partial charge on any atom is 0.339 e. The summed E-state index contributed by atoms with van der Waals surface area (Å²) >= 11 is 0. The predicted molar refractivity (Wildman–Crippen MR) is 101 cm³/mol. The fourth-order valence-electron chi connectivity index (χ4n) is 3.27. The number of nitrogens with zero attached hydrogens (tertiary/aromatic N) is 1. The van der Waals surface area contributed by atoms with Crippen LogP contribution in [0.5, 0.6) is 5.75 Å². The lowest BCUT2D eigenvalue weighted by Crippen LogP contribution is -2.43. The van der Waals surface area contributed by atoms with Gasteiger partial charge in [0.25, 0.3) is 5.91 Å². The molecule has 144 valence electrons. The van der Waals surface area contributed by atoms with Crippen molar-refractivity contribution in [1.29, 1.82) is 0 Å². The number of aryl methyl sites for hydroxylation is 2. The lowest BCUT2D eigenvalue weighted by molar-refractivity contribution is -0.140. The largest absolute Gasteiger partial charge is 0.480 e. The minimum atomic E-state index is -0.771. The molecule has 0 spiro atoms. The molecule has 1 N–H and O–H groups in total. The molecule has 1 atom stereocenters. The number of rotatable bonds is 3. The molecule has 7 nitrogen and oxygen atoms in total. The molecule has 1 fully saturated rings. The Balaban J connectivity index is 1.93. The number of ether oxygens (including phenoxy) is 1. The van der Waals surface area contributed by atoms with E-state index in [2.05, 4.69) is 5.32 Å². The summed E-state index contributed by atoms with van der Waals surface area (Å²) in [5.74, 6) is 0.0882. The molecule has 2 heterocycles. The number of fused-ring (bicyclic) bond motifs is 1. The smallest absolute Gasteiger partial charge is 0.339 e. The van der Waals surface area contributed by atoms with Crippen LogP contribution in [0.3, 0.4) is 0 Å². The van der Waals surface area contributed by atoms with Gasteiger partial charge in [-0.05, 0) is 57.4 Å². The average molecular weight is 372 g/mol. The van der Waals surface area contributed by atoms with Crippen LogP contribution < -0.4 is 15.7 Å². The average Bonchev–Trinajstić information content (AvgIpc) is 2.83. The second-order valence-electron chi connectivity index (χ2n) is 7.00. The Bertz CT molecular complexity index is 963. The number of carbonyl (C=O) groups is 2. The number of hydrogen-bond acceptors (Lipinski definition) is 5. The highest BCUT2D eigenvalue weighted by Crippen LogP contribution is 2.31. The molecule has 2 amide bonds. The zero-order valence-corrected chi connectivity index (χ0v) is 16.0. The van der Waals surface area contributed by atoms with Gasteiger partial charge in [-0.3, -0.25) is 9.59 Å². The van der Waals surface area contributed by atoms with Gasteiger partial charge >= 0.3 is 5.63 Å². The quantitative estimate of drug-likeness (QED) is 0.831. The van der Waals surface area contributed by atoms with Crippen molar-refractivity contribution in [2.24, 2.45) is 0 Å². The van der Waals surface area contributed by atoms with Crippen LogP contribution >= 0.6 is 0 Å². The van der Waals surface area contributed by atoms with E-state index in [-0.39, 0.29) is 24.0 Å². The first-order valence-corrected chi connectivity index (χ1v) is 9.04. The molecular weight excluding hydrogens is 348 g/mol. The first-order valence-electron chi connectivity index (χ1n) is 9.04. The van der Waals surface area contributed by atoms with Crippen molar-refractivity contribution in [2.75, 3.05) is 19.6 Å².